The van der Waals surface area contributed by atoms with E-state index in [-0.39, 0.29) is 5.75 Å². The number of aromatic nitrogens is 4. The fourth-order valence-corrected chi connectivity index (χ4v) is 3.41. The molecule has 1 aromatic carbocycles. The number of phenolic OH excluding ortho intramolecular Hbond substituents is 1. The van der Waals surface area contributed by atoms with Crippen molar-refractivity contribution in [2.24, 2.45) is 0 Å². The molecule has 0 bridgehead atoms. The summed E-state index contributed by atoms with van der Waals surface area (Å²) in [4.78, 5) is 19.2. The molecule has 6 heteroatoms. The standard InChI is InChI=1S/C19H21N5O/c1-13-11-17(23-19(22-13)15-6-2-3-7-16(15)25)24-10-4-5-14(12-24)18-20-8-9-21-18/h2-3,6-9,11,14,25H,4-5,10,12H2,1H3,(H,20,21)/t14-/m0/s1. The highest BCUT2D eigenvalue weighted by Gasteiger charge is 2.24. The molecule has 4 rings (SSSR count). The summed E-state index contributed by atoms with van der Waals surface area (Å²) in [5, 5.41) is 10.1. The number of anilines is 1. The Kier molecular flexibility index (Phi) is 4.09. The third-order valence-electron chi connectivity index (χ3n) is 4.64. The maximum absolute atomic E-state index is 10.1. The maximum Gasteiger partial charge on any atom is 0.165 e. The van der Waals surface area contributed by atoms with Crippen LogP contribution < -0.4 is 4.90 Å². The minimum absolute atomic E-state index is 0.200. The number of aromatic hydroxyl groups is 1. The van der Waals surface area contributed by atoms with Gasteiger partial charge in [0.25, 0.3) is 0 Å². The number of nitrogens with zero attached hydrogens (tertiary/aromatic N) is 4. The number of benzene rings is 1. The second-order valence-electron chi connectivity index (χ2n) is 6.47. The van der Waals surface area contributed by atoms with Crippen LogP contribution in [0.25, 0.3) is 11.4 Å². The minimum Gasteiger partial charge on any atom is -0.507 e. The quantitative estimate of drug-likeness (QED) is 0.768. The topological polar surface area (TPSA) is 77.9 Å². The molecule has 0 amide bonds. The molecule has 1 aliphatic rings. The number of imidazole rings is 1. The predicted octanol–water partition coefficient (Wildman–Crippen LogP) is 3.26. The fourth-order valence-electron chi connectivity index (χ4n) is 3.41. The first kappa shape index (κ1) is 15.6. The molecule has 3 heterocycles. The van der Waals surface area contributed by atoms with E-state index in [4.69, 9.17) is 4.98 Å². The Morgan fingerprint density at radius 1 is 1.24 bits per heavy atom. The minimum atomic E-state index is 0.200. The number of aromatic amines is 1. The number of hydrogen-bond acceptors (Lipinski definition) is 5. The van der Waals surface area contributed by atoms with E-state index in [1.165, 1.54) is 0 Å². The van der Waals surface area contributed by atoms with Gasteiger partial charge in [0.1, 0.15) is 17.4 Å². The largest absolute Gasteiger partial charge is 0.507 e. The van der Waals surface area contributed by atoms with E-state index in [1.807, 2.05) is 31.3 Å². The molecule has 3 aromatic rings. The average molecular weight is 335 g/mol. The Labute approximate surface area is 146 Å². The number of phenols is 1. The van der Waals surface area contributed by atoms with Crippen LogP contribution >= 0.6 is 0 Å². The molecule has 2 aromatic heterocycles. The molecular formula is C19H21N5O. The number of nitrogens with one attached hydrogen (secondary N) is 1. The van der Waals surface area contributed by atoms with Crippen LogP contribution in [-0.2, 0) is 0 Å². The summed E-state index contributed by atoms with van der Waals surface area (Å²) >= 11 is 0. The number of piperidine rings is 1. The van der Waals surface area contributed by atoms with Crippen molar-refractivity contribution >= 4 is 5.82 Å². The molecule has 1 atom stereocenters. The highest BCUT2D eigenvalue weighted by molar-refractivity contribution is 5.65. The van der Waals surface area contributed by atoms with Crippen LogP contribution in [0.3, 0.4) is 0 Å². The first-order valence-electron chi connectivity index (χ1n) is 8.59. The average Bonchev–Trinajstić information content (AvgIpc) is 3.16. The lowest BCUT2D eigenvalue weighted by atomic mass is 9.97. The van der Waals surface area contributed by atoms with Crippen molar-refractivity contribution in [3.05, 3.63) is 54.2 Å². The van der Waals surface area contributed by atoms with Gasteiger partial charge in [0, 0.05) is 43.2 Å². The SMILES string of the molecule is Cc1cc(N2CCC[C@H](c3ncc[nH]3)C2)nc(-c2ccccc2O)n1. The monoisotopic (exact) mass is 335 g/mol. The number of para-hydroxylation sites is 1. The molecule has 25 heavy (non-hydrogen) atoms. The lowest BCUT2D eigenvalue weighted by Gasteiger charge is -2.33. The van der Waals surface area contributed by atoms with Crippen molar-refractivity contribution < 1.29 is 5.11 Å². The van der Waals surface area contributed by atoms with E-state index >= 15 is 0 Å². The van der Waals surface area contributed by atoms with Crippen molar-refractivity contribution in [1.29, 1.82) is 0 Å². The predicted molar refractivity (Wildman–Crippen MR) is 96.6 cm³/mol. The van der Waals surface area contributed by atoms with Gasteiger partial charge in [-0.15, -0.1) is 0 Å². The normalized spacial score (nSPS) is 17.6. The van der Waals surface area contributed by atoms with Gasteiger partial charge < -0.3 is 15.0 Å². The third kappa shape index (κ3) is 3.20. The number of rotatable bonds is 3. The van der Waals surface area contributed by atoms with Gasteiger partial charge in [-0.2, -0.15) is 0 Å². The Balaban J connectivity index is 1.65. The zero-order valence-electron chi connectivity index (χ0n) is 14.2. The van der Waals surface area contributed by atoms with Gasteiger partial charge in [0.2, 0.25) is 0 Å². The van der Waals surface area contributed by atoms with Crippen molar-refractivity contribution in [2.75, 3.05) is 18.0 Å². The molecule has 0 spiro atoms. The van der Waals surface area contributed by atoms with Gasteiger partial charge in [0.05, 0.1) is 5.56 Å². The molecule has 0 saturated carbocycles. The summed E-state index contributed by atoms with van der Waals surface area (Å²) in [6, 6.07) is 9.20. The van der Waals surface area contributed by atoms with E-state index in [0.29, 0.717) is 17.3 Å². The van der Waals surface area contributed by atoms with Gasteiger partial charge in [-0.3, -0.25) is 0 Å². The second kappa shape index (κ2) is 6.55. The van der Waals surface area contributed by atoms with Crippen LogP contribution in [0.1, 0.15) is 30.3 Å². The van der Waals surface area contributed by atoms with Gasteiger partial charge in [-0.25, -0.2) is 15.0 Å². The Hall–Kier alpha value is -2.89. The van der Waals surface area contributed by atoms with Crippen molar-refractivity contribution in [3.63, 3.8) is 0 Å². The summed E-state index contributed by atoms with van der Waals surface area (Å²) in [6.45, 7) is 3.81. The van der Waals surface area contributed by atoms with Crippen molar-refractivity contribution in [1.82, 2.24) is 19.9 Å². The third-order valence-corrected chi connectivity index (χ3v) is 4.64. The second-order valence-corrected chi connectivity index (χ2v) is 6.47. The van der Waals surface area contributed by atoms with Crippen LogP contribution in [-0.4, -0.2) is 38.1 Å². The zero-order chi connectivity index (χ0) is 17.2. The Morgan fingerprint density at radius 2 is 2.12 bits per heavy atom. The number of aryl methyl sites for hydroxylation is 1. The smallest absolute Gasteiger partial charge is 0.165 e. The summed E-state index contributed by atoms with van der Waals surface area (Å²) < 4.78 is 0. The van der Waals surface area contributed by atoms with Crippen LogP contribution in [0.15, 0.2) is 42.7 Å². The van der Waals surface area contributed by atoms with Crippen molar-refractivity contribution in [3.8, 4) is 17.1 Å². The first-order valence-corrected chi connectivity index (χ1v) is 8.59. The molecule has 2 N–H and O–H groups in total. The highest BCUT2D eigenvalue weighted by atomic mass is 16.3. The zero-order valence-corrected chi connectivity index (χ0v) is 14.2. The summed E-state index contributed by atoms with van der Waals surface area (Å²) in [7, 11) is 0. The van der Waals surface area contributed by atoms with Crippen molar-refractivity contribution in [2.45, 2.75) is 25.7 Å². The molecule has 6 nitrogen and oxygen atoms in total. The van der Waals surface area contributed by atoms with Crippen LogP contribution in [0, 0.1) is 6.92 Å². The molecule has 0 radical (unpaired) electrons. The molecule has 0 unspecified atom stereocenters. The van der Waals surface area contributed by atoms with Gasteiger partial charge in [-0.1, -0.05) is 12.1 Å². The summed E-state index contributed by atoms with van der Waals surface area (Å²) in [5.41, 5.74) is 1.55. The van der Waals surface area contributed by atoms with E-state index in [0.717, 1.165) is 43.3 Å². The van der Waals surface area contributed by atoms with Crippen LogP contribution in [0.2, 0.25) is 0 Å². The van der Waals surface area contributed by atoms with Crippen LogP contribution in [0.4, 0.5) is 5.82 Å². The lowest BCUT2D eigenvalue weighted by Crippen LogP contribution is -2.35. The summed E-state index contributed by atoms with van der Waals surface area (Å²) in [6.07, 6.45) is 5.90. The number of hydrogen-bond donors (Lipinski definition) is 2. The van der Waals surface area contributed by atoms with E-state index in [9.17, 15) is 5.11 Å². The van der Waals surface area contributed by atoms with E-state index in [1.54, 1.807) is 18.3 Å². The first-order chi connectivity index (χ1) is 12.2. The molecule has 128 valence electrons. The molecule has 1 saturated heterocycles. The molecule has 0 aliphatic carbocycles. The number of H-pyrrole nitrogens is 1. The fraction of sp³-hybridized carbons (Fsp3) is 0.316. The van der Waals surface area contributed by atoms with Gasteiger partial charge in [-0.05, 0) is 31.9 Å². The molecule has 1 fully saturated rings. The lowest BCUT2D eigenvalue weighted by molar-refractivity contribution is 0.476. The highest BCUT2D eigenvalue weighted by Crippen LogP contribution is 2.30. The van der Waals surface area contributed by atoms with Crippen LogP contribution in [0.5, 0.6) is 5.75 Å². The van der Waals surface area contributed by atoms with E-state index < -0.39 is 0 Å². The molecular weight excluding hydrogens is 314 g/mol. The van der Waals surface area contributed by atoms with Gasteiger partial charge >= 0.3 is 0 Å². The van der Waals surface area contributed by atoms with E-state index in [2.05, 4.69) is 19.9 Å². The van der Waals surface area contributed by atoms with Gasteiger partial charge in [0.15, 0.2) is 5.82 Å². The summed E-state index contributed by atoms with van der Waals surface area (Å²) in [5.74, 6) is 3.09. The maximum atomic E-state index is 10.1. The Morgan fingerprint density at radius 3 is 2.92 bits per heavy atom. The Bertz CT molecular complexity index is 862. The molecule has 1 aliphatic heterocycles.